The second-order valence-electron chi connectivity index (χ2n) is 9.22. The Labute approximate surface area is 180 Å². The van der Waals surface area contributed by atoms with Crippen LogP contribution in [0, 0.1) is 0 Å². The first-order chi connectivity index (χ1) is 14.3. The van der Waals surface area contributed by atoms with E-state index in [1.807, 2.05) is 18.5 Å². The van der Waals surface area contributed by atoms with Crippen molar-refractivity contribution in [3.05, 3.63) is 47.7 Å². The van der Waals surface area contributed by atoms with Gasteiger partial charge in [-0.2, -0.15) is 0 Å². The van der Waals surface area contributed by atoms with Crippen LogP contribution in [0.4, 0.5) is 0 Å². The minimum absolute atomic E-state index is 0.209. The van der Waals surface area contributed by atoms with Crippen LogP contribution in [-0.2, 0) is 15.9 Å². The molecule has 0 amide bonds. The maximum absolute atomic E-state index is 6.15. The topological polar surface area (TPSA) is 59.1 Å². The standard InChI is InChI=1S/C22H33BN4O3/c1-21(2)22(3,4)30-23(29-21)18-7-8-19(24-15-18)27-12-10-26(11-13-27)16-17-6-9-20(28-5)25-14-17/h6-9,14-15,19,24H,10-13,16H2,1-5H3. The van der Waals surface area contributed by atoms with Crippen LogP contribution in [0.15, 0.2) is 42.2 Å². The van der Waals surface area contributed by atoms with Gasteiger partial charge in [-0.1, -0.05) is 12.1 Å². The van der Waals surface area contributed by atoms with Gasteiger partial charge in [0.05, 0.1) is 24.5 Å². The van der Waals surface area contributed by atoms with E-state index in [4.69, 9.17) is 14.0 Å². The number of nitrogens with zero attached hydrogens (tertiary/aromatic N) is 3. The van der Waals surface area contributed by atoms with E-state index in [2.05, 4.69) is 66.0 Å². The monoisotopic (exact) mass is 412 g/mol. The first-order valence-corrected chi connectivity index (χ1v) is 10.7. The lowest BCUT2D eigenvalue weighted by molar-refractivity contribution is 0.00578. The highest BCUT2D eigenvalue weighted by molar-refractivity contribution is 6.55. The van der Waals surface area contributed by atoms with Crippen molar-refractivity contribution in [2.45, 2.75) is 51.6 Å². The lowest BCUT2D eigenvalue weighted by Gasteiger charge is -2.39. The van der Waals surface area contributed by atoms with Gasteiger partial charge in [-0.25, -0.2) is 4.98 Å². The maximum atomic E-state index is 6.15. The van der Waals surface area contributed by atoms with Gasteiger partial charge in [0.1, 0.15) is 0 Å². The third kappa shape index (κ3) is 4.42. The first kappa shape index (κ1) is 21.4. The van der Waals surface area contributed by atoms with E-state index in [0.717, 1.165) is 38.2 Å². The average Bonchev–Trinajstić information content (AvgIpc) is 2.96. The average molecular weight is 412 g/mol. The predicted molar refractivity (Wildman–Crippen MR) is 118 cm³/mol. The minimum Gasteiger partial charge on any atom is -0.481 e. The lowest BCUT2D eigenvalue weighted by Crippen LogP contribution is -2.53. The summed E-state index contributed by atoms with van der Waals surface area (Å²) >= 11 is 0. The van der Waals surface area contributed by atoms with Crippen LogP contribution >= 0.6 is 0 Å². The van der Waals surface area contributed by atoms with Gasteiger partial charge < -0.3 is 19.4 Å². The van der Waals surface area contributed by atoms with Crippen LogP contribution < -0.4 is 10.1 Å². The van der Waals surface area contributed by atoms with Gasteiger partial charge in [0.15, 0.2) is 0 Å². The van der Waals surface area contributed by atoms with Gasteiger partial charge >= 0.3 is 7.12 Å². The molecule has 1 atom stereocenters. The zero-order chi connectivity index (χ0) is 21.4. The molecule has 30 heavy (non-hydrogen) atoms. The highest BCUT2D eigenvalue weighted by Crippen LogP contribution is 2.38. The molecule has 1 aromatic rings. The third-order valence-electron chi connectivity index (χ3n) is 6.63. The Balaban J connectivity index is 1.26. The van der Waals surface area contributed by atoms with Crippen LogP contribution in [0.3, 0.4) is 0 Å². The Morgan fingerprint density at radius 1 is 1.13 bits per heavy atom. The molecule has 0 bridgehead atoms. The Morgan fingerprint density at radius 2 is 1.83 bits per heavy atom. The number of nitrogens with one attached hydrogen (secondary N) is 1. The Morgan fingerprint density at radius 3 is 2.37 bits per heavy atom. The summed E-state index contributed by atoms with van der Waals surface area (Å²) in [5.41, 5.74) is 1.61. The number of aromatic nitrogens is 1. The summed E-state index contributed by atoms with van der Waals surface area (Å²) in [5.74, 6) is 0.659. The van der Waals surface area contributed by atoms with Gasteiger partial charge in [0.25, 0.3) is 0 Å². The maximum Gasteiger partial charge on any atom is 0.496 e. The molecular formula is C22H33BN4O3. The number of allylic oxidation sites excluding steroid dienone is 2. The molecule has 2 fully saturated rings. The SMILES string of the molecule is COc1ccc(CN2CCN(C3C=CC(B4OC(C)(C)C(C)(C)O4)=CN3)CC2)cn1. The molecule has 4 heterocycles. The van der Waals surface area contributed by atoms with E-state index in [1.165, 1.54) is 5.56 Å². The number of piperazine rings is 1. The second-order valence-corrected chi connectivity index (χ2v) is 9.22. The molecule has 3 aliphatic heterocycles. The molecule has 1 unspecified atom stereocenters. The van der Waals surface area contributed by atoms with Crippen molar-refractivity contribution in [1.29, 1.82) is 0 Å². The van der Waals surface area contributed by atoms with Crippen LogP contribution in [0.2, 0.25) is 0 Å². The molecular weight excluding hydrogens is 379 g/mol. The Kier molecular flexibility index (Phi) is 5.94. The van der Waals surface area contributed by atoms with Gasteiger partial charge in [-0.3, -0.25) is 9.80 Å². The van der Waals surface area contributed by atoms with E-state index in [0.29, 0.717) is 5.88 Å². The van der Waals surface area contributed by atoms with Crippen molar-refractivity contribution in [3.8, 4) is 5.88 Å². The summed E-state index contributed by atoms with van der Waals surface area (Å²) in [6.07, 6.45) is 8.50. The van der Waals surface area contributed by atoms with Crippen LogP contribution in [-0.4, -0.2) is 72.6 Å². The second kappa shape index (κ2) is 8.34. The number of pyridine rings is 1. The summed E-state index contributed by atoms with van der Waals surface area (Å²) in [5, 5.41) is 3.52. The Bertz CT molecular complexity index is 785. The van der Waals surface area contributed by atoms with E-state index < -0.39 is 0 Å². The summed E-state index contributed by atoms with van der Waals surface area (Å²) in [7, 11) is 1.32. The highest BCUT2D eigenvalue weighted by Gasteiger charge is 2.52. The molecule has 0 spiro atoms. The molecule has 2 saturated heterocycles. The number of hydrogen-bond acceptors (Lipinski definition) is 7. The fourth-order valence-electron chi connectivity index (χ4n) is 3.92. The van der Waals surface area contributed by atoms with Gasteiger partial charge in [0.2, 0.25) is 5.88 Å². The number of ether oxygens (including phenoxy) is 1. The van der Waals surface area contributed by atoms with Crippen molar-refractivity contribution in [1.82, 2.24) is 20.1 Å². The fourth-order valence-corrected chi connectivity index (χ4v) is 3.92. The number of dihydropyridines is 1. The normalized spacial score (nSPS) is 26.4. The van der Waals surface area contributed by atoms with Crippen molar-refractivity contribution >= 4 is 7.12 Å². The smallest absolute Gasteiger partial charge is 0.481 e. The molecule has 4 rings (SSSR count). The lowest BCUT2D eigenvalue weighted by atomic mass is 9.77. The molecule has 0 aliphatic carbocycles. The minimum atomic E-state index is -0.324. The molecule has 1 aromatic heterocycles. The van der Waals surface area contributed by atoms with E-state index in [1.54, 1.807) is 7.11 Å². The van der Waals surface area contributed by atoms with Crippen LogP contribution in [0.5, 0.6) is 5.88 Å². The van der Waals surface area contributed by atoms with E-state index in [9.17, 15) is 0 Å². The van der Waals surface area contributed by atoms with E-state index >= 15 is 0 Å². The van der Waals surface area contributed by atoms with Crippen molar-refractivity contribution in [3.63, 3.8) is 0 Å². The van der Waals surface area contributed by atoms with Crippen LogP contribution in [0.25, 0.3) is 0 Å². The summed E-state index contributed by atoms with van der Waals surface area (Å²) in [4.78, 5) is 9.24. The van der Waals surface area contributed by atoms with Gasteiger partial charge in [-0.15, -0.1) is 0 Å². The molecule has 162 valence electrons. The fraction of sp³-hybridized carbons (Fsp3) is 0.591. The largest absolute Gasteiger partial charge is 0.496 e. The quantitative estimate of drug-likeness (QED) is 0.745. The van der Waals surface area contributed by atoms with Crippen molar-refractivity contribution in [2.24, 2.45) is 0 Å². The zero-order valence-electron chi connectivity index (χ0n) is 18.7. The number of rotatable bonds is 5. The summed E-state index contributed by atoms with van der Waals surface area (Å²) in [6.45, 7) is 13.4. The van der Waals surface area contributed by atoms with Crippen molar-refractivity contribution in [2.75, 3.05) is 33.3 Å². The molecule has 0 saturated carbocycles. The Hall–Kier alpha value is -1.87. The van der Waals surface area contributed by atoms with Gasteiger partial charge in [-0.05, 0) is 51.0 Å². The van der Waals surface area contributed by atoms with Gasteiger partial charge in [0, 0.05) is 45.0 Å². The summed E-state index contributed by atoms with van der Waals surface area (Å²) in [6, 6.07) is 4.01. The third-order valence-corrected chi connectivity index (χ3v) is 6.63. The molecule has 3 aliphatic rings. The molecule has 7 nitrogen and oxygen atoms in total. The molecule has 8 heteroatoms. The number of hydrogen-bond donors (Lipinski definition) is 1. The number of methoxy groups -OCH3 is 1. The molecule has 0 radical (unpaired) electrons. The zero-order valence-corrected chi connectivity index (χ0v) is 18.7. The first-order valence-electron chi connectivity index (χ1n) is 10.7. The summed E-state index contributed by atoms with van der Waals surface area (Å²) < 4.78 is 17.4. The van der Waals surface area contributed by atoms with Crippen LogP contribution in [0.1, 0.15) is 33.3 Å². The highest BCUT2D eigenvalue weighted by atomic mass is 16.7. The molecule has 1 N–H and O–H groups in total. The molecule has 0 aromatic carbocycles. The van der Waals surface area contributed by atoms with Crippen molar-refractivity contribution < 1.29 is 14.0 Å². The van der Waals surface area contributed by atoms with E-state index in [-0.39, 0.29) is 24.5 Å². The predicted octanol–water partition coefficient (Wildman–Crippen LogP) is 2.21.